The van der Waals surface area contributed by atoms with Gasteiger partial charge in [0.1, 0.15) is 0 Å². The molecule has 1 N–H and O–H groups in total. The van der Waals surface area contributed by atoms with E-state index in [9.17, 15) is 0 Å². The molecule has 0 fully saturated rings. The predicted octanol–water partition coefficient (Wildman–Crippen LogP) is 6.96. The second kappa shape index (κ2) is 4.19. The van der Waals surface area contributed by atoms with Gasteiger partial charge in [0.05, 0.1) is 0 Å². The lowest BCUT2D eigenvalue weighted by atomic mass is 9.86. The standard InChI is InChI=1S/C22H12ClN/c23-17-11-16-14-6-1-2-7-18(14)24-19-10-13-5-3-4-12-8-9-15(17)22(20(12)13)21(16)19/h1-11,24H. The lowest BCUT2D eigenvalue weighted by Crippen LogP contribution is -2.02. The molecule has 0 aliphatic carbocycles. The van der Waals surface area contributed by atoms with Crippen molar-refractivity contribution in [2.75, 3.05) is 5.32 Å². The lowest BCUT2D eigenvalue weighted by molar-refractivity contribution is 1.54. The quantitative estimate of drug-likeness (QED) is 0.297. The number of benzene rings is 5. The minimum atomic E-state index is 0.818. The zero-order valence-corrected chi connectivity index (χ0v) is 13.5. The highest BCUT2D eigenvalue weighted by atomic mass is 35.5. The topological polar surface area (TPSA) is 12.0 Å². The minimum Gasteiger partial charge on any atom is -0.354 e. The fraction of sp³-hybridized carbons (Fsp3) is 0. The molecule has 0 bridgehead atoms. The first kappa shape index (κ1) is 12.6. The van der Waals surface area contributed by atoms with E-state index >= 15 is 0 Å². The van der Waals surface area contributed by atoms with Crippen LogP contribution in [-0.2, 0) is 0 Å². The fourth-order valence-corrected chi connectivity index (χ4v) is 4.45. The molecule has 2 heteroatoms. The highest BCUT2D eigenvalue weighted by Gasteiger charge is 2.22. The van der Waals surface area contributed by atoms with Gasteiger partial charge in [0.25, 0.3) is 0 Å². The van der Waals surface area contributed by atoms with E-state index < -0.39 is 0 Å². The average molecular weight is 326 g/mol. The van der Waals surface area contributed by atoms with E-state index in [0.29, 0.717) is 0 Å². The van der Waals surface area contributed by atoms with Crippen molar-refractivity contribution >= 4 is 55.3 Å². The number of hydrogen-bond acceptors (Lipinski definition) is 1. The zero-order valence-electron chi connectivity index (χ0n) is 12.7. The Labute approximate surface area is 143 Å². The maximum absolute atomic E-state index is 6.69. The summed E-state index contributed by atoms with van der Waals surface area (Å²) < 4.78 is 0. The molecule has 0 spiro atoms. The van der Waals surface area contributed by atoms with Crippen LogP contribution in [0.25, 0.3) is 43.4 Å². The molecule has 0 saturated carbocycles. The fourth-order valence-electron chi connectivity index (χ4n) is 4.19. The van der Waals surface area contributed by atoms with Crippen molar-refractivity contribution in [3.63, 3.8) is 0 Å². The van der Waals surface area contributed by atoms with Crippen LogP contribution < -0.4 is 5.32 Å². The third kappa shape index (κ3) is 1.41. The molecule has 0 amide bonds. The minimum absolute atomic E-state index is 0.818. The van der Waals surface area contributed by atoms with Crippen LogP contribution in [0.3, 0.4) is 0 Å². The summed E-state index contributed by atoms with van der Waals surface area (Å²) >= 11 is 6.69. The number of fused-ring (bicyclic) bond motifs is 2. The molecular formula is C22H12ClN. The first-order valence-corrected chi connectivity index (χ1v) is 8.45. The van der Waals surface area contributed by atoms with Crippen molar-refractivity contribution in [3.05, 3.63) is 71.8 Å². The third-order valence-electron chi connectivity index (χ3n) is 5.18. The van der Waals surface area contributed by atoms with Crippen molar-refractivity contribution in [2.45, 2.75) is 0 Å². The number of halogens is 1. The zero-order chi connectivity index (χ0) is 15.8. The third-order valence-corrected chi connectivity index (χ3v) is 5.49. The molecule has 1 nitrogen and oxygen atoms in total. The van der Waals surface area contributed by atoms with Crippen molar-refractivity contribution in [1.29, 1.82) is 0 Å². The Morgan fingerprint density at radius 2 is 1.50 bits per heavy atom. The van der Waals surface area contributed by atoms with Crippen LogP contribution in [-0.4, -0.2) is 0 Å². The van der Waals surface area contributed by atoms with Gasteiger partial charge in [0.15, 0.2) is 0 Å². The summed E-state index contributed by atoms with van der Waals surface area (Å²) in [4.78, 5) is 0. The predicted molar refractivity (Wildman–Crippen MR) is 104 cm³/mol. The van der Waals surface area contributed by atoms with Gasteiger partial charge in [0.2, 0.25) is 0 Å². The number of para-hydroxylation sites is 1. The number of nitrogens with one attached hydrogen (secondary N) is 1. The Bertz CT molecular complexity index is 1290. The number of rotatable bonds is 0. The Kier molecular flexibility index (Phi) is 2.21. The lowest BCUT2D eigenvalue weighted by Gasteiger charge is -2.25. The van der Waals surface area contributed by atoms with Crippen LogP contribution in [0, 0.1) is 0 Å². The molecule has 5 aromatic rings. The number of anilines is 2. The van der Waals surface area contributed by atoms with E-state index in [1.165, 1.54) is 38.1 Å². The molecule has 112 valence electrons. The maximum atomic E-state index is 6.69. The van der Waals surface area contributed by atoms with Gasteiger partial charge in [0, 0.05) is 38.1 Å². The van der Waals surface area contributed by atoms with Crippen molar-refractivity contribution in [3.8, 4) is 11.1 Å². The Balaban J connectivity index is 1.97. The molecule has 1 aliphatic rings. The molecule has 6 rings (SSSR count). The van der Waals surface area contributed by atoms with E-state index in [4.69, 9.17) is 11.6 Å². The highest BCUT2D eigenvalue weighted by Crippen LogP contribution is 2.50. The SMILES string of the molecule is Clc1cc2c3c(cc4cccc5ccc1c3c54)Nc1ccccc1-2. The van der Waals surface area contributed by atoms with E-state index in [1.807, 2.05) is 0 Å². The van der Waals surface area contributed by atoms with Crippen LogP contribution in [0.15, 0.2) is 66.7 Å². The highest BCUT2D eigenvalue weighted by molar-refractivity contribution is 6.41. The normalized spacial score (nSPS) is 12.7. The van der Waals surface area contributed by atoms with E-state index in [-0.39, 0.29) is 0 Å². The summed E-state index contributed by atoms with van der Waals surface area (Å²) in [6, 6.07) is 23.6. The molecule has 1 heterocycles. The second-order valence-corrected chi connectivity index (χ2v) is 6.85. The van der Waals surface area contributed by atoms with Gasteiger partial charge in [-0.2, -0.15) is 0 Å². The van der Waals surface area contributed by atoms with Gasteiger partial charge >= 0.3 is 0 Å². The molecule has 0 aromatic heterocycles. The average Bonchev–Trinajstić information content (AvgIpc) is 2.61. The Morgan fingerprint density at radius 1 is 0.625 bits per heavy atom. The summed E-state index contributed by atoms with van der Waals surface area (Å²) in [5.41, 5.74) is 4.73. The van der Waals surface area contributed by atoms with Crippen LogP contribution in [0.5, 0.6) is 0 Å². The van der Waals surface area contributed by atoms with Gasteiger partial charge in [-0.05, 0) is 39.9 Å². The van der Waals surface area contributed by atoms with Crippen LogP contribution >= 0.6 is 11.6 Å². The van der Waals surface area contributed by atoms with Gasteiger partial charge in [-0.3, -0.25) is 0 Å². The first-order valence-electron chi connectivity index (χ1n) is 8.08. The van der Waals surface area contributed by atoms with E-state index in [2.05, 4.69) is 72.0 Å². The van der Waals surface area contributed by atoms with Crippen molar-refractivity contribution < 1.29 is 0 Å². The van der Waals surface area contributed by atoms with Gasteiger partial charge in [-0.25, -0.2) is 0 Å². The van der Waals surface area contributed by atoms with Crippen LogP contribution in [0.1, 0.15) is 0 Å². The summed E-state index contributed by atoms with van der Waals surface area (Å²) in [5.74, 6) is 0. The molecule has 0 saturated heterocycles. The molecule has 0 atom stereocenters. The van der Waals surface area contributed by atoms with Crippen LogP contribution in [0.2, 0.25) is 5.02 Å². The second-order valence-electron chi connectivity index (χ2n) is 6.44. The first-order chi connectivity index (χ1) is 11.8. The molecule has 0 radical (unpaired) electrons. The molecule has 24 heavy (non-hydrogen) atoms. The smallest absolute Gasteiger partial charge is 0.0491 e. The van der Waals surface area contributed by atoms with Crippen molar-refractivity contribution in [1.82, 2.24) is 0 Å². The largest absolute Gasteiger partial charge is 0.354 e. The monoisotopic (exact) mass is 325 g/mol. The van der Waals surface area contributed by atoms with E-state index in [0.717, 1.165) is 21.8 Å². The molecular weight excluding hydrogens is 314 g/mol. The summed E-state index contributed by atoms with van der Waals surface area (Å²) in [6.45, 7) is 0. The van der Waals surface area contributed by atoms with E-state index in [1.54, 1.807) is 0 Å². The summed E-state index contributed by atoms with van der Waals surface area (Å²) in [5, 5.41) is 11.9. The van der Waals surface area contributed by atoms with Crippen molar-refractivity contribution in [2.24, 2.45) is 0 Å². The molecule has 5 aromatic carbocycles. The van der Waals surface area contributed by atoms with Gasteiger partial charge in [-0.1, -0.05) is 60.1 Å². The molecule has 0 unspecified atom stereocenters. The Morgan fingerprint density at radius 3 is 2.46 bits per heavy atom. The van der Waals surface area contributed by atoms with Gasteiger partial charge < -0.3 is 5.32 Å². The van der Waals surface area contributed by atoms with Crippen LogP contribution in [0.4, 0.5) is 11.4 Å². The Hall–Kier alpha value is -2.77. The summed E-state index contributed by atoms with van der Waals surface area (Å²) in [6.07, 6.45) is 0. The number of hydrogen-bond donors (Lipinski definition) is 1. The van der Waals surface area contributed by atoms with Gasteiger partial charge in [-0.15, -0.1) is 0 Å². The summed E-state index contributed by atoms with van der Waals surface area (Å²) in [7, 11) is 0. The maximum Gasteiger partial charge on any atom is 0.0491 e. The molecule has 1 aliphatic heterocycles.